The van der Waals surface area contributed by atoms with E-state index in [1.54, 1.807) is 19.2 Å². The first-order valence-electron chi connectivity index (χ1n) is 7.44. The number of benzene rings is 2. The molecule has 0 unspecified atom stereocenters. The van der Waals surface area contributed by atoms with Crippen molar-refractivity contribution in [2.45, 2.75) is 6.54 Å². The first-order valence-corrected chi connectivity index (χ1v) is 8.32. The van der Waals surface area contributed by atoms with Crippen LogP contribution in [0.3, 0.4) is 0 Å². The molecule has 0 spiro atoms. The lowest BCUT2D eigenvalue weighted by Crippen LogP contribution is -2.28. The van der Waals surface area contributed by atoms with Gasteiger partial charge in [-0.2, -0.15) is 0 Å². The lowest BCUT2D eigenvalue weighted by Gasteiger charge is -2.10. The number of carbonyl (C=O) groups is 1. The molecule has 0 bridgehead atoms. The highest BCUT2D eigenvalue weighted by molar-refractivity contribution is 7.09. The van der Waals surface area contributed by atoms with E-state index in [4.69, 9.17) is 4.74 Å². The van der Waals surface area contributed by atoms with Crippen LogP contribution >= 0.6 is 11.3 Å². The Labute approximate surface area is 144 Å². The summed E-state index contributed by atoms with van der Waals surface area (Å²) in [7, 11) is 1.57. The maximum atomic E-state index is 12.0. The molecule has 1 heterocycles. The van der Waals surface area contributed by atoms with Gasteiger partial charge in [-0.25, -0.2) is 9.78 Å². The third-order valence-electron chi connectivity index (χ3n) is 3.38. The Morgan fingerprint density at radius 2 is 1.88 bits per heavy atom. The Hall–Kier alpha value is -2.86. The normalized spacial score (nSPS) is 10.2. The molecule has 122 valence electrons. The molecule has 2 amide bonds. The van der Waals surface area contributed by atoms with E-state index in [2.05, 4.69) is 15.6 Å². The highest BCUT2D eigenvalue weighted by atomic mass is 32.1. The monoisotopic (exact) mass is 339 g/mol. The summed E-state index contributed by atoms with van der Waals surface area (Å²) in [6.45, 7) is 0.373. The van der Waals surface area contributed by atoms with Gasteiger partial charge in [-0.05, 0) is 12.1 Å². The van der Waals surface area contributed by atoms with Gasteiger partial charge in [0.2, 0.25) is 0 Å². The first-order chi connectivity index (χ1) is 11.8. The van der Waals surface area contributed by atoms with Crippen LogP contribution in [0.5, 0.6) is 5.75 Å². The van der Waals surface area contributed by atoms with Crippen molar-refractivity contribution in [3.63, 3.8) is 0 Å². The fraction of sp³-hybridized carbons (Fsp3) is 0.111. The molecular weight excluding hydrogens is 322 g/mol. The molecule has 0 aliphatic heterocycles. The molecule has 0 radical (unpaired) electrons. The Balaban J connectivity index is 1.58. The van der Waals surface area contributed by atoms with Crippen LogP contribution in [-0.2, 0) is 6.54 Å². The topological polar surface area (TPSA) is 63.2 Å². The summed E-state index contributed by atoms with van der Waals surface area (Å²) in [5.74, 6) is 0.619. The van der Waals surface area contributed by atoms with Crippen LogP contribution in [0.25, 0.3) is 11.3 Å². The molecule has 2 N–H and O–H groups in total. The lowest BCUT2D eigenvalue weighted by molar-refractivity contribution is 0.251. The second-order valence-corrected chi connectivity index (χ2v) is 5.94. The predicted octanol–water partition coefficient (Wildman–Crippen LogP) is 4.14. The van der Waals surface area contributed by atoms with E-state index in [1.807, 2.05) is 47.8 Å². The minimum Gasteiger partial charge on any atom is -0.495 e. The van der Waals surface area contributed by atoms with Crippen LogP contribution in [0.1, 0.15) is 5.01 Å². The zero-order chi connectivity index (χ0) is 16.8. The molecule has 5 nitrogen and oxygen atoms in total. The van der Waals surface area contributed by atoms with Crippen molar-refractivity contribution in [3.8, 4) is 17.0 Å². The number of urea groups is 1. The summed E-state index contributed by atoms with van der Waals surface area (Å²) in [5, 5.41) is 8.42. The fourth-order valence-electron chi connectivity index (χ4n) is 2.20. The number of hydrogen-bond donors (Lipinski definition) is 2. The number of anilines is 1. The Morgan fingerprint density at radius 3 is 2.67 bits per heavy atom. The van der Waals surface area contributed by atoms with E-state index < -0.39 is 0 Å². The smallest absolute Gasteiger partial charge is 0.319 e. The molecule has 0 atom stereocenters. The molecule has 0 saturated heterocycles. The van der Waals surface area contributed by atoms with Crippen molar-refractivity contribution in [2.24, 2.45) is 0 Å². The van der Waals surface area contributed by atoms with Crippen molar-refractivity contribution in [2.75, 3.05) is 12.4 Å². The van der Waals surface area contributed by atoms with E-state index in [0.29, 0.717) is 18.0 Å². The molecule has 3 rings (SSSR count). The SMILES string of the molecule is COc1ccccc1NC(=O)NCc1nc(-c2ccccc2)cs1. The van der Waals surface area contributed by atoms with Crippen molar-refractivity contribution < 1.29 is 9.53 Å². The fourth-order valence-corrected chi connectivity index (χ4v) is 2.95. The largest absolute Gasteiger partial charge is 0.495 e. The number of carbonyl (C=O) groups excluding carboxylic acids is 1. The number of nitrogens with one attached hydrogen (secondary N) is 2. The van der Waals surface area contributed by atoms with Gasteiger partial charge in [-0.3, -0.25) is 0 Å². The van der Waals surface area contributed by atoms with Gasteiger partial charge in [0.15, 0.2) is 0 Å². The molecule has 3 aromatic rings. The third-order valence-corrected chi connectivity index (χ3v) is 4.23. The van der Waals surface area contributed by atoms with Gasteiger partial charge < -0.3 is 15.4 Å². The second-order valence-electron chi connectivity index (χ2n) is 5.00. The van der Waals surface area contributed by atoms with Crippen LogP contribution in [-0.4, -0.2) is 18.1 Å². The van der Waals surface area contributed by atoms with Crippen molar-refractivity contribution in [1.29, 1.82) is 0 Å². The number of thiazole rings is 1. The average Bonchev–Trinajstić information content (AvgIpc) is 3.10. The molecular formula is C18H17N3O2S. The molecule has 2 aromatic carbocycles. The van der Waals surface area contributed by atoms with Gasteiger partial charge in [0.05, 0.1) is 25.0 Å². The summed E-state index contributed by atoms with van der Waals surface area (Å²) < 4.78 is 5.21. The van der Waals surface area contributed by atoms with Gasteiger partial charge >= 0.3 is 6.03 Å². The van der Waals surface area contributed by atoms with Crippen LogP contribution in [0.2, 0.25) is 0 Å². The summed E-state index contributed by atoms with van der Waals surface area (Å²) in [4.78, 5) is 16.6. The zero-order valence-electron chi connectivity index (χ0n) is 13.2. The molecule has 0 fully saturated rings. The molecule has 0 saturated carbocycles. The van der Waals surface area contributed by atoms with E-state index in [9.17, 15) is 4.79 Å². The number of rotatable bonds is 5. The Morgan fingerprint density at radius 1 is 1.12 bits per heavy atom. The van der Waals surface area contributed by atoms with Gasteiger partial charge in [-0.1, -0.05) is 42.5 Å². The lowest BCUT2D eigenvalue weighted by atomic mass is 10.2. The van der Waals surface area contributed by atoms with E-state index in [1.165, 1.54) is 11.3 Å². The Kier molecular flexibility index (Phi) is 5.08. The van der Waals surface area contributed by atoms with Crippen molar-refractivity contribution in [3.05, 3.63) is 65.0 Å². The number of para-hydroxylation sites is 2. The second kappa shape index (κ2) is 7.61. The maximum Gasteiger partial charge on any atom is 0.319 e. The van der Waals surface area contributed by atoms with Crippen LogP contribution in [0.15, 0.2) is 60.0 Å². The number of ether oxygens (including phenoxy) is 1. The van der Waals surface area contributed by atoms with E-state index in [-0.39, 0.29) is 6.03 Å². The highest BCUT2D eigenvalue weighted by Gasteiger charge is 2.08. The van der Waals surface area contributed by atoms with Crippen molar-refractivity contribution in [1.82, 2.24) is 10.3 Å². The van der Waals surface area contributed by atoms with Gasteiger partial charge in [0.25, 0.3) is 0 Å². The first kappa shape index (κ1) is 16.0. The number of hydrogen-bond acceptors (Lipinski definition) is 4. The van der Waals surface area contributed by atoms with Crippen molar-refractivity contribution >= 4 is 23.1 Å². The van der Waals surface area contributed by atoms with Gasteiger partial charge in [-0.15, -0.1) is 11.3 Å². The molecule has 0 aliphatic rings. The predicted molar refractivity (Wildman–Crippen MR) is 96.4 cm³/mol. The van der Waals surface area contributed by atoms with E-state index in [0.717, 1.165) is 16.3 Å². The molecule has 0 aliphatic carbocycles. The van der Waals surface area contributed by atoms with Crippen LogP contribution in [0.4, 0.5) is 10.5 Å². The number of nitrogens with zero attached hydrogens (tertiary/aromatic N) is 1. The van der Waals surface area contributed by atoms with Crippen LogP contribution < -0.4 is 15.4 Å². The minimum atomic E-state index is -0.295. The van der Waals surface area contributed by atoms with E-state index >= 15 is 0 Å². The summed E-state index contributed by atoms with van der Waals surface area (Å²) in [6.07, 6.45) is 0. The minimum absolute atomic E-state index is 0.295. The maximum absolute atomic E-state index is 12.0. The highest BCUT2D eigenvalue weighted by Crippen LogP contribution is 2.23. The standard InChI is InChI=1S/C18H17N3O2S/c1-23-16-10-6-5-9-14(16)21-18(22)19-11-17-20-15(12-24-17)13-7-3-2-4-8-13/h2-10,12H,11H2,1H3,(H2,19,21,22). The summed E-state index contributed by atoms with van der Waals surface area (Å²) >= 11 is 1.52. The quantitative estimate of drug-likeness (QED) is 0.734. The molecule has 1 aromatic heterocycles. The van der Waals surface area contributed by atoms with Gasteiger partial charge in [0, 0.05) is 10.9 Å². The Bertz CT molecular complexity index is 818. The molecule has 24 heavy (non-hydrogen) atoms. The number of methoxy groups -OCH3 is 1. The average molecular weight is 339 g/mol. The van der Waals surface area contributed by atoms with Crippen LogP contribution in [0, 0.1) is 0 Å². The number of amides is 2. The third kappa shape index (κ3) is 3.91. The zero-order valence-corrected chi connectivity index (χ0v) is 14.0. The summed E-state index contributed by atoms with van der Waals surface area (Å²) in [5.41, 5.74) is 2.61. The summed E-state index contributed by atoms with van der Waals surface area (Å²) in [6, 6.07) is 16.9. The molecule has 6 heteroatoms. The number of aromatic nitrogens is 1. The van der Waals surface area contributed by atoms with Gasteiger partial charge in [0.1, 0.15) is 10.8 Å².